The minimum atomic E-state index is -3.52. The van der Waals surface area contributed by atoms with E-state index in [4.69, 9.17) is 16.3 Å². The first-order valence-corrected chi connectivity index (χ1v) is 8.24. The second kappa shape index (κ2) is 6.91. The Hall–Kier alpha value is -1.89. The Kier molecular flexibility index (Phi) is 5.18. The number of sulfonamides is 1. The van der Waals surface area contributed by atoms with Crippen LogP contribution in [0.4, 0.5) is 0 Å². The molecule has 0 spiro atoms. The highest BCUT2D eigenvalue weighted by Gasteiger charge is 2.13. The first-order chi connectivity index (χ1) is 10.4. The first-order valence-electron chi connectivity index (χ1n) is 6.38. The lowest BCUT2D eigenvalue weighted by atomic mass is 10.2. The molecule has 0 amide bonds. The van der Waals surface area contributed by atoms with Gasteiger partial charge in [0.05, 0.1) is 10.5 Å². The molecule has 116 valence electrons. The van der Waals surface area contributed by atoms with E-state index in [2.05, 4.69) is 4.72 Å². The third-order valence-corrected chi connectivity index (χ3v) is 4.78. The molecule has 2 rings (SSSR count). The molecule has 0 bridgehead atoms. The van der Waals surface area contributed by atoms with E-state index in [9.17, 15) is 13.2 Å². The maximum absolute atomic E-state index is 11.9. The number of carbonyl (C=O) groups excluding carboxylic acids is 1. The number of hydrogen-bond acceptors (Lipinski definition) is 4. The second-order valence-electron chi connectivity index (χ2n) is 4.40. The number of carbonyl (C=O) groups is 1. The number of hydrogen-bond donors (Lipinski definition) is 1. The summed E-state index contributed by atoms with van der Waals surface area (Å²) in [5.41, 5.74) is 0.967. The Bertz CT molecular complexity index is 772. The number of ether oxygens (including phenoxy) is 1. The Morgan fingerprint density at radius 3 is 2.36 bits per heavy atom. The molecule has 1 N–H and O–H groups in total. The quantitative estimate of drug-likeness (QED) is 0.850. The summed E-state index contributed by atoms with van der Waals surface area (Å²) in [6, 6.07) is 12.6. The summed E-state index contributed by atoms with van der Waals surface area (Å²) in [7, 11) is -2.20. The van der Waals surface area contributed by atoms with Crippen LogP contribution in [0.2, 0.25) is 5.02 Å². The van der Waals surface area contributed by atoms with Gasteiger partial charge < -0.3 is 4.74 Å². The van der Waals surface area contributed by atoms with E-state index in [0.29, 0.717) is 10.6 Å². The van der Waals surface area contributed by atoms with Crippen LogP contribution in [0.3, 0.4) is 0 Å². The van der Waals surface area contributed by atoms with Gasteiger partial charge in [-0.2, -0.15) is 0 Å². The highest BCUT2D eigenvalue weighted by Crippen LogP contribution is 2.17. The Morgan fingerprint density at radius 2 is 1.77 bits per heavy atom. The molecule has 2 aromatic carbocycles. The summed E-state index contributed by atoms with van der Waals surface area (Å²) in [4.78, 5) is 12.0. The van der Waals surface area contributed by atoms with Gasteiger partial charge in [-0.15, -0.1) is 0 Å². The zero-order chi connectivity index (χ0) is 16.2. The normalized spacial score (nSPS) is 11.2. The highest BCUT2D eigenvalue weighted by atomic mass is 35.5. The van der Waals surface area contributed by atoms with Crippen molar-refractivity contribution in [2.24, 2.45) is 0 Å². The van der Waals surface area contributed by atoms with Crippen molar-refractivity contribution in [2.75, 3.05) is 7.05 Å². The lowest BCUT2D eigenvalue weighted by molar-refractivity contribution is 0.0473. The van der Waals surface area contributed by atoms with Gasteiger partial charge in [0.1, 0.15) is 6.61 Å². The summed E-state index contributed by atoms with van der Waals surface area (Å²) in [6.07, 6.45) is 0. The molecular weight excluding hydrogens is 326 g/mol. The molecular formula is C15H14ClNO4S. The fourth-order valence-electron chi connectivity index (χ4n) is 1.73. The van der Waals surface area contributed by atoms with Crippen LogP contribution in [0, 0.1) is 0 Å². The smallest absolute Gasteiger partial charge is 0.338 e. The largest absolute Gasteiger partial charge is 0.457 e. The molecule has 5 nitrogen and oxygen atoms in total. The lowest BCUT2D eigenvalue weighted by Crippen LogP contribution is -2.18. The molecule has 0 aliphatic rings. The number of halogens is 1. The van der Waals surface area contributed by atoms with Crippen LogP contribution in [0.5, 0.6) is 0 Å². The van der Waals surface area contributed by atoms with Crippen LogP contribution in [-0.2, 0) is 21.4 Å². The summed E-state index contributed by atoms with van der Waals surface area (Å²) >= 11 is 5.98. The van der Waals surface area contributed by atoms with Crippen molar-refractivity contribution >= 4 is 27.6 Å². The van der Waals surface area contributed by atoms with Crippen molar-refractivity contribution in [2.45, 2.75) is 11.5 Å². The van der Waals surface area contributed by atoms with Crippen LogP contribution in [0.25, 0.3) is 0 Å². The fourth-order valence-corrected chi connectivity index (χ4v) is 2.65. The van der Waals surface area contributed by atoms with E-state index < -0.39 is 16.0 Å². The van der Waals surface area contributed by atoms with Crippen molar-refractivity contribution in [3.8, 4) is 0 Å². The average Bonchev–Trinajstić information content (AvgIpc) is 2.54. The van der Waals surface area contributed by atoms with Crippen LogP contribution >= 0.6 is 11.6 Å². The van der Waals surface area contributed by atoms with Crippen LogP contribution in [0.1, 0.15) is 15.9 Å². The molecule has 0 atom stereocenters. The predicted molar refractivity (Wildman–Crippen MR) is 83.3 cm³/mol. The molecule has 7 heteroatoms. The van der Waals surface area contributed by atoms with Crippen molar-refractivity contribution in [1.29, 1.82) is 0 Å². The van der Waals surface area contributed by atoms with Gasteiger partial charge in [0.15, 0.2) is 0 Å². The molecule has 0 heterocycles. The van der Waals surface area contributed by atoms with E-state index >= 15 is 0 Å². The SMILES string of the molecule is CNS(=O)(=O)c1ccc(C(=O)OCc2ccccc2Cl)cc1. The van der Waals surface area contributed by atoms with Crippen molar-refractivity contribution in [1.82, 2.24) is 4.72 Å². The highest BCUT2D eigenvalue weighted by molar-refractivity contribution is 7.89. The van der Waals surface area contributed by atoms with Gasteiger partial charge in [-0.1, -0.05) is 29.8 Å². The van der Waals surface area contributed by atoms with Crippen molar-refractivity contribution in [3.05, 3.63) is 64.7 Å². The van der Waals surface area contributed by atoms with E-state index in [-0.39, 0.29) is 17.1 Å². The maximum Gasteiger partial charge on any atom is 0.338 e. The topological polar surface area (TPSA) is 72.5 Å². The standard InChI is InChI=1S/C15H14ClNO4S/c1-17-22(19,20)13-8-6-11(7-9-13)15(18)21-10-12-4-2-3-5-14(12)16/h2-9,17H,10H2,1H3. The zero-order valence-corrected chi connectivity index (χ0v) is 13.3. The molecule has 0 aliphatic heterocycles. The third-order valence-electron chi connectivity index (χ3n) is 2.99. The van der Waals surface area contributed by atoms with Crippen LogP contribution in [-0.4, -0.2) is 21.4 Å². The van der Waals surface area contributed by atoms with Crippen molar-refractivity contribution < 1.29 is 17.9 Å². The lowest BCUT2D eigenvalue weighted by Gasteiger charge is -2.07. The number of nitrogens with one attached hydrogen (secondary N) is 1. The summed E-state index contributed by atoms with van der Waals surface area (Å²) in [5.74, 6) is -0.548. The van der Waals surface area contributed by atoms with Crippen molar-refractivity contribution in [3.63, 3.8) is 0 Å². The van der Waals surface area contributed by atoms with Gasteiger partial charge in [0, 0.05) is 10.6 Å². The molecule has 22 heavy (non-hydrogen) atoms. The predicted octanol–water partition coefficient (Wildman–Crippen LogP) is 2.61. The Morgan fingerprint density at radius 1 is 1.14 bits per heavy atom. The van der Waals surface area contributed by atoms with Gasteiger partial charge in [-0.05, 0) is 37.4 Å². The van der Waals surface area contributed by atoms with Gasteiger partial charge in [0.25, 0.3) is 0 Å². The third kappa shape index (κ3) is 3.85. The van der Waals surface area contributed by atoms with Crippen LogP contribution in [0.15, 0.2) is 53.4 Å². The van der Waals surface area contributed by atoms with Gasteiger partial charge in [-0.25, -0.2) is 17.9 Å². The molecule has 0 saturated carbocycles. The molecule has 0 saturated heterocycles. The molecule has 0 radical (unpaired) electrons. The zero-order valence-electron chi connectivity index (χ0n) is 11.7. The van der Waals surface area contributed by atoms with Gasteiger partial charge in [0.2, 0.25) is 10.0 Å². The summed E-state index contributed by atoms with van der Waals surface area (Å²) in [5, 5.41) is 0.519. The number of benzene rings is 2. The summed E-state index contributed by atoms with van der Waals surface area (Å²) < 4.78 is 30.5. The van der Waals surface area contributed by atoms with E-state index in [1.54, 1.807) is 24.3 Å². The van der Waals surface area contributed by atoms with Gasteiger partial charge >= 0.3 is 5.97 Å². The second-order valence-corrected chi connectivity index (χ2v) is 6.69. The monoisotopic (exact) mass is 339 g/mol. The molecule has 0 aliphatic carbocycles. The maximum atomic E-state index is 11.9. The average molecular weight is 340 g/mol. The molecule has 0 fully saturated rings. The van der Waals surface area contributed by atoms with E-state index in [1.165, 1.54) is 31.3 Å². The minimum absolute atomic E-state index is 0.0507. The minimum Gasteiger partial charge on any atom is -0.457 e. The number of rotatable bonds is 5. The molecule has 0 unspecified atom stereocenters. The van der Waals surface area contributed by atoms with Gasteiger partial charge in [-0.3, -0.25) is 0 Å². The summed E-state index contributed by atoms with van der Waals surface area (Å²) in [6.45, 7) is 0.0507. The first kappa shape index (κ1) is 16.5. The fraction of sp³-hybridized carbons (Fsp3) is 0.133. The Balaban J connectivity index is 2.06. The number of esters is 1. The molecule has 2 aromatic rings. The van der Waals surface area contributed by atoms with E-state index in [1.807, 2.05) is 0 Å². The molecule has 0 aromatic heterocycles. The Labute approximate surface area is 133 Å². The van der Waals surface area contributed by atoms with Crippen LogP contribution < -0.4 is 4.72 Å². The van der Waals surface area contributed by atoms with E-state index in [0.717, 1.165) is 0 Å².